The van der Waals surface area contributed by atoms with E-state index in [1.807, 2.05) is 13.8 Å². The van der Waals surface area contributed by atoms with Crippen molar-refractivity contribution in [1.82, 2.24) is 0 Å². The average molecular weight is 771 g/mol. The highest BCUT2D eigenvalue weighted by molar-refractivity contribution is 5.76. The first-order valence-electron chi connectivity index (χ1n) is 18.9. The van der Waals surface area contributed by atoms with Crippen LogP contribution in [0.25, 0.3) is 0 Å². The molecule has 4 heterocycles. The van der Waals surface area contributed by atoms with Gasteiger partial charge < -0.3 is 47.0 Å². The van der Waals surface area contributed by atoms with Crippen LogP contribution in [0.15, 0.2) is 35.3 Å². The third kappa shape index (κ3) is 4.24. The number of esters is 5. The quantitative estimate of drug-likeness (QED) is 0.183. The topological polar surface area (TPSA) is 182 Å². The fraction of sp³-hybridized carbons (Fsp3) is 0.725. The number of hydrogen-bond donors (Lipinski definition) is 0. The minimum atomic E-state index is -2.09. The smallest absolute Gasteiger partial charge is 0.308 e. The van der Waals surface area contributed by atoms with Gasteiger partial charge in [-0.3, -0.25) is 24.0 Å². The zero-order valence-electron chi connectivity index (χ0n) is 32.8. The first-order chi connectivity index (χ1) is 25.7. The van der Waals surface area contributed by atoms with Crippen LogP contribution in [0.4, 0.5) is 0 Å². The van der Waals surface area contributed by atoms with Crippen LogP contribution in [0.2, 0.25) is 0 Å². The Kier molecular flexibility index (Phi) is 7.98. The molecule has 15 heteroatoms. The molecular weight excluding hydrogens is 720 g/mol. The summed E-state index contributed by atoms with van der Waals surface area (Å²) in [7, 11) is 1.48. The average Bonchev–Trinajstić information content (AvgIpc) is 3.80. The van der Waals surface area contributed by atoms with Crippen molar-refractivity contribution in [2.45, 2.75) is 134 Å². The summed E-state index contributed by atoms with van der Waals surface area (Å²) < 4.78 is 65.4. The van der Waals surface area contributed by atoms with Gasteiger partial charge in [0.15, 0.2) is 12.2 Å². The monoisotopic (exact) mass is 770 g/mol. The minimum absolute atomic E-state index is 0.0265. The molecule has 7 aliphatic rings. The molecule has 55 heavy (non-hydrogen) atoms. The first kappa shape index (κ1) is 37.9. The number of rotatable bonds is 10. The lowest BCUT2D eigenvalue weighted by Crippen LogP contribution is -2.95. The van der Waals surface area contributed by atoms with E-state index in [1.165, 1.54) is 40.4 Å². The molecule has 1 aromatic rings. The van der Waals surface area contributed by atoms with E-state index >= 15 is 0 Å². The molecule has 1 aromatic heterocycles. The van der Waals surface area contributed by atoms with Crippen molar-refractivity contribution >= 4 is 29.8 Å². The van der Waals surface area contributed by atoms with Crippen LogP contribution in [-0.2, 0) is 66.6 Å². The van der Waals surface area contributed by atoms with Crippen LogP contribution >= 0.6 is 0 Å². The normalized spacial score (nSPS) is 45.9. The molecule has 13 atom stereocenters. The molecule has 0 N–H and O–H groups in total. The highest BCUT2D eigenvalue weighted by Gasteiger charge is 3.06. The standard InChI is InChI=1S/C40H50O15/c1-20(2)30(45)51-32-39-27(15-21(3)46-10)33(7,29(49-22(4)41)25-11-14-47-17-25)12-13-37(39)36-19-48-28(44)16-26(36)34(8)18-38(36,54-35(9,53-37)55-39)40(32,52-24(6)43)31(34)50-23(5)42/h11,14,17,20,26-27,29,31-32H,3,12-13,15-16,18-19H2,1-2,4-10H3/t26-,27+,29-,31-,32?,33+,34-,35+,36+,37-,38+,39+,40-/m0/s1. The summed E-state index contributed by atoms with van der Waals surface area (Å²) >= 11 is 0. The fourth-order valence-corrected chi connectivity index (χ4v) is 13.2. The molecule has 7 fully saturated rings. The van der Waals surface area contributed by atoms with Gasteiger partial charge in [0.05, 0.1) is 36.7 Å². The van der Waals surface area contributed by atoms with Crippen LogP contribution in [0.3, 0.4) is 0 Å². The summed E-state index contributed by atoms with van der Waals surface area (Å²) in [6.07, 6.45) is -0.328. The summed E-state index contributed by atoms with van der Waals surface area (Å²) in [5, 5.41) is 0. The van der Waals surface area contributed by atoms with E-state index in [4.69, 9.17) is 47.0 Å². The summed E-state index contributed by atoms with van der Waals surface area (Å²) in [5.74, 6) is -6.93. The van der Waals surface area contributed by atoms with Gasteiger partial charge in [0.1, 0.15) is 29.5 Å². The molecule has 1 unspecified atom stereocenters. The van der Waals surface area contributed by atoms with Gasteiger partial charge in [-0.05, 0) is 31.2 Å². The van der Waals surface area contributed by atoms with Gasteiger partial charge in [-0.15, -0.1) is 0 Å². The van der Waals surface area contributed by atoms with Gasteiger partial charge in [0, 0.05) is 62.8 Å². The van der Waals surface area contributed by atoms with Crippen molar-refractivity contribution < 1.29 is 71.0 Å². The van der Waals surface area contributed by atoms with E-state index in [-0.39, 0.29) is 32.3 Å². The number of hydrogen-bond acceptors (Lipinski definition) is 15. The third-order valence-electron chi connectivity index (χ3n) is 14.5. The SMILES string of the molecule is C=C(C[C@@H]1[C@](C)([C@@H](OC(C)=O)c2ccoc2)CC[C@]23O[C@]4(C)O[C@]56C[C@@](C)([C@@H]7CC(=O)OC[C@@]725)[C@H](OC(C)=O)[C@]6(OC(C)=O)C(OC(=O)C(C)C)[C@]13O4)OC. The Labute approximate surface area is 318 Å². The maximum atomic E-state index is 14.3. The Morgan fingerprint density at radius 1 is 0.945 bits per heavy atom. The highest BCUT2D eigenvalue weighted by atomic mass is 16.9. The molecule has 3 spiro atoms. The molecule has 4 aliphatic carbocycles. The van der Waals surface area contributed by atoms with Gasteiger partial charge in [0.2, 0.25) is 5.60 Å². The zero-order valence-corrected chi connectivity index (χ0v) is 32.8. The Morgan fingerprint density at radius 2 is 1.65 bits per heavy atom. The minimum Gasteiger partial charge on any atom is -0.502 e. The van der Waals surface area contributed by atoms with Crippen LogP contribution in [0.1, 0.15) is 99.2 Å². The van der Waals surface area contributed by atoms with Gasteiger partial charge >= 0.3 is 29.8 Å². The lowest BCUT2D eigenvalue weighted by molar-refractivity contribution is -0.485. The molecule has 300 valence electrons. The summed E-state index contributed by atoms with van der Waals surface area (Å²) in [6.45, 7) is 16.6. The van der Waals surface area contributed by atoms with Crippen LogP contribution in [0.5, 0.6) is 0 Å². The molecule has 8 rings (SSSR count). The van der Waals surface area contributed by atoms with Crippen LogP contribution in [-0.4, -0.2) is 84.1 Å². The predicted octanol–water partition coefficient (Wildman–Crippen LogP) is 4.61. The van der Waals surface area contributed by atoms with E-state index in [9.17, 15) is 24.0 Å². The van der Waals surface area contributed by atoms with Crippen LogP contribution in [0, 0.1) is 34.0 Å². The van der Waals surface area contributed by atoms with Crippen molar-refractivity contribution in [1.29, 1.82) is 0 Å². The second kappa shape index (κ2) is 11.6. The van der Waals surface area contributed by atoms with Crippen molar-refractivity contribution in [3.05, 3.63) is 36.5 Å². The molecule has 4 bridgehead atoms. The molecule has 0 radical (unpaired) electrons. The number of carbonyl (C=O) groups is 5. The maximum Gasteiger partial charge on any atom is 0.308 e. The third-order valence-corrected chi connectivity index (χ3v) is 14.5. The Bertz CT molecular complexity index is 1870. The van der Waals surface area contributed by atoms with E-state index < -0.39 is 111 Å². The van der Waals surface area contributed by atoms with E-state index in [0.717, 1.165) is 0 Å². The van der Waals surface area contributed by atoms with Crippen LogP contribution < -0.4 is 0 Å². The van der Waals surface area contributed by atoms with Gasteiger partial charge in [0.25, 0.3) is 5.97 Å². The zero-order chi connectivity index (χ0) is 39.9. The summed E-state index contributed by atoms with van der Waals surface area (Å²) in [4.78, 5) is 67.9. The van der Waals surface area contributed by atoms with Gasteiger partial charge in [-0.1, -0.05) is 34.3 Å². The number of ether oxygens (including phenoxy) is 9. The van der Waals surface area contributed by atoms with E-state index in [2.05, 4.69) is 6.58 Å². The summed E-state index contributed by atoms with van der Waals surface area (Å²) in [5.41, 5.74) is -10.1. The number of methoxy groups -OCH3 is 1. The lowest BCUT2D eigenvalue weighted by Gasteiger charge is -2.77. The molecule has 3 aliphatic heterocycles. The fourth-order valence-electron chi connectivity index (χ4n) is 13.2. The number of allylic oxidation sites excluding steroid dienone is 1. The van der Waals surface area contributed by atoms with E-state index in [0.29, 0.717) is 17.7 Å². The molecule has 3 saturated heterocycles. The van der Waals surface area contributed by atoms with Crippen molar-refractivity contribution in [2.75, 3.05) is 13.7 Å². The number of fused-ring (bicyclic) bond motifs is 3. The first-order valence-corrected chi connectivity index (χ1v) is 18.9. The second-order valence-electron chi connectivity index (χ2n) is 17.6. The lowest BCUT2D eigenvalue weighted by atomic mass is 9.33. The summed E-state index contributed by atoms with van der Waals surface area (Å²) in [6, 6.07) is 1.71. The Balaban J connectivity index is 1.53. The van der Waals surface area contributed by atoms with E-state index in [1.54, 1.807) is 26.8 Å². The second-order valence-corrected chi connectivity index (χ2v) is 17.6. The molecule has 15 nitrogen and oxygen atoms in total. The molecule has 0 amide bonds. The Hall–Kier alpha value is -3.95. The number of carbonyl (C=O) groups excluding carboxylic acids is 5. The van der Waals surface area contributed by atoms with Gasteiger partial charge in [-0.2, -0.15) is 0 Å². The number of furan rings is 1. The Morgan fingerprint density at radius 3 is 2.25 bits per heavy atom. The molecular formula is C40H50O15. The highest BCUT2D eigenvalue weighted by Crippen LogP contribution is 2.90. The largest absolute Gasteiger partial charge is 0.502 e. The van der Waals surface area contributed by atoms with Crippen molar-refractivity contribution in [3.63, 3.8) is 0 Å². The maximum absolute atomic E-state index is 14.3. The predicted molar refractivity (Wildman–Crippen MR) is 184 cm³/mol. The van der Waals surface area contributed by atoms with Crippen molar-refractivity contribution in [3.8, 4) is 0 Å². The number of cyclic esters (lactones) is 1. The molecule has 4 saturated carbocycles. The van der Waals surface area contributed by atoms with Crippen molar-refractivity contribution in [2.24, 2.45) is 34.0 Å². The van der Waals surface area contributed by atoms with Gasteiger partial charge in [-0.25, -0.2) is 0 Å². The molecule has 0 aromatic carbocycles.